The van der Waals surface area contributed by atoms with Crippen LogP contribution in [0.3, 0.4) is 0 Å². The van der Waals surface area contributed by atoms with Gasteiger partial charge in [-0.05, 0) is 12.0 Å². The molecule has 0 saturated carbocycles. The minimum Gasteiger partial charge on any atom is -0.271 e. The molecule has 0 spiro atoms. The first-order chi connectivity index (χ1) is 6.66. The Morgan fingerprint density at radius 1 is 1.50 bits per heavy atom. The summed E-state index contributed by atoms with van der Waals surface area (Å²) in [6.45, 7) is 1.93. The molecule has 76 valence electrons. The third kappa shape index (κ3) is 2.47. The molecule has 3 nitrogen and oxygen atoms in total. The average Bonchev–Trinajstić information content (AvgIpc) is 2.20. The second-order valence-corrected chi connectivity index (χ2v) is 3.39. The monoisotopic (exact) mass is 212 g/mol. The van der Waals surface area contributed by atoms with Crippen molar-refractivity contribution in [3.8, 4) is 0 Å². The van der Waals surface area contributed by atoms with Gasteiger partial charge in [-0.25, -0.2) is 5.84 Å². The normalized spacial score (nSPS) is 12.2. The fraction of sp³-hybridized carbons (Fsp3) is 0.300. The number of rotatable bonds is 3. The van der Waals surface area contributed by atoms with Crippen molar-refractivity contribution in [3.05, 3.63) is 35.9 Å². The molecular weight excluding hydrogens is 200 g/mol. The Bertz CT molecular complexity index is 300. The molecule has 1 aromatic carbocycles. The van der Waals surface area contributed by atoms with Crippen molar-refractivity contribution in [2.45, 2.75) is 19.3 Å². The van der Waals surface area contributed by atoms with Gasteiger partial charge >= 0.3 is 0 Å². The molecule has 0 fully saturated rings. The molecule has 14 heavy (non-hydrogen) atoms. The highest BCUT2D eigenvalue weighted by Gasteiger charge is 2.21. The lowest BCUT2D eigenvalue weighted by Crippen LogP contribution is -2.32. The molecule has 0 heterocycles. The Balaban J connectivity index is 2.88. The van der Waals surface area contributed by atoms with Gasteiger partial charge in [0.05, 0.1) is 5.92 Å². The third-order valence-corrected chi connectivity index (χ3v) is 2.29. The maximum Gasteiger partial charge on any atom is 0.259 e. The van der Waals surface area contributed by atoms with Gasteiger partial charge in [0, 0.05) is 11.8 Å². The summed E-state index contributed by atoms with van der Waals surface area (Å²) in [6, 6.07) is 9.47. The van der Waals surface area contributed by atoms with Crippen LogP contribution < -0.4 is 5.84 Å². The fourth-order valence-corrected chi connectivity index (χ4v) is 1.50. The van der Waals surface area contributed by atoms with Crippen LogP contribution in [0, 0.1) is 0 Å². The molecule has 2 N–H and O–H groups in total. The molecular formula is C10H13ClN2O. The van der Waals surface area contributed by atoms with Crippen LogP contribution >= 0.6 is 11.8 Å². The molecule has 0 radical (unpaired) electrons. The van der Waals surface area contributed by atoms with E-state index in [4.69, 9.17) is 17.6 Å². The summed E-state index contributed by atoms with van der Waals surface area (Å²) >= 11 is 5.41. The Kier molecular flexibility index (Phi) is 3.92. The number of amides is 1. The van der Waals surface area contributed by atoms with Crippen LogP contribution in [0.25, 0.3) is 0 Å². The van der Waals surface area contributed by atoms with Crippen LogP contribution in [0.4, 0.5) is 0 Å². The summed E-state index contributed by atoms with van der Waals surface area (Å²) in [5.41, 5.74) is 0.941. The summed E-state index contributed by atoms with van der Waals surface area (Å²) in [4.78, 5) is 11.5. The largest absolute Gasteiger partial charge is 0.271 e. The summed E-state index contributed by atoms with van der Waals surface area (Å²) in [6.07, 6.45) is 0.684. The number of hydrazine groups is 1. The molecule has 0 aliphatic rings. The van der Waals surface area contributed by atoms with Crippen molar-refractivity contribution in [2.75, 3.05) is 0 Å². The Labute approximate surface area is 88.5 Å². The van der Waals surface area contributed by atoms with E-state index in [0.717, 1.165) is 5.56 Å². The zero-order chi connectivity index (χ0) is 10.6. The van der Waals surface area contributed by atoms with Crippen molar-refractivity contribution in [1.82, 2.24) is 4.53 Å². The Hall–Kier alpha value is -1.06. The summed E-state index contributed by atoms with van der Waals surface area (Å²) in [5, 5.41) is 0. The lowest BCUT2D eigenvalue weighted by Gasteiger charge is -2.16. The van der Waals surface area contributed by atoms with Gasteiger partial charge in [0.15, 0.2) is 0 Å². The van der Waals surface area contributed by atoms with Gasteiger partial charge < -0.3 is 0 Å². The smallest absolute Gasteiger partial charge is 0.259 e. The lowest BCUT2D eigenvalue weighted by molar-refractivity contribution is -0.128. The average molecular weight is 213 g/mol. The van der Waals surface area contributed by atoms with E-state index in [1.165, 1.54) is 0 Å². The van der Waals surface area contributed by atoms with Crippen molar-refractivity contribution in [1.29, 1.82) is 0 Å². The summed E-state index contributed by atoms with van der Waals surface area (Å²) < 4.78 is 0.626. The molecule has 0 aliphatic carbocycles. The molecule has 1 aromatic rings. The van der Waals surface area contributed by atoms with Crippen molar-refractivity contribution >= 4 is 17.7 Å². The third-order valence-electron chi connectivity index (χ3n) is 2.12. The number of hydrogen-bond acceptors (Lipinski definition) is 2. The van der Waals surface area contributed by atoms with Crippen LogP contribution in [0.1, 0.15) is 24.8 Å². The standard InChI is InChI=1S/C10H13ClN2O/c1-2-9(10(14)13(11)12)8-6-4-3-5-7-8/h3-7,9H,2,12H2,1H3. The number of hydrogen-bond donors (Lipinski definition) is 1. The van der Waals surface area contributed by atoms with Crippen LogP contribution in [0.5, 0.6) is 0 Å². The van der Waals surface area contributed by atoms with E-state index >= 15 is 0 Å². The van der Waals surface area contributed by atoms with Crippen molar-refractivity contribution in [2.24, 2.45) is 5.84 Å². The second kappa shape index (κ2) is 4.98. The summed E-state index contributed by atoms with van der Waals surface area (Å²) in [7, 11) is 0. The quantitative estimate of drug-likeness (QED) is 0.361. The van der Waals surface area contributed by atoms with E-state index in [9.17, 15) is 4.79 Å². The van der Waals surface area contributed by atoms with Crippen molar-refractivity contribution < 1.29 is 4.79 Å². The minimum absolute atomic E-state index is 0.251. The maximum atomic E-state index is 11.5. The van der Waals surface area contributed by atoms with Crippen molar-refractivity contribution in [3.63, 3.8) is 0 Å². The van der Waals surface area contributed by atoms with Crippen LogP contribution in [-0.4, -0.2) is 10.4 Å². The number of carbonyl (C=O) groups is 1. The predicted molar refractivity (Wildman–Crippen MR) is 56.4 cm³/mol. The zero-order valence-electron chi connectivity index (χ0n) is 7.98. The first-order valence-electron chi connectivity index (χ1n) is 4.46. The lowest BCUT2D eigenvalue weighted by atomic mass is 9.96. The molecule has 1 rings (SSSR count). The predicted octanol–water partition coefficient (Wildman–Crippen LogP) is 2.04. The zero-order valence-corrected chi connectivity index (χ0v) is 8.74. The molecule has 0 aromatic heterocycles. The molecule has 1 atom stereocenters. The van der Waals surface area contributed by atoms with Crippen LogP contribution in [0.15, 0.2) is 30.3 Å². The molecule has 0 bridgehead atoms. The van der Waals surface area contributed by atoms with E-state index < -0.39 is 0 Å². The molecule has 4 heteroatoms. The highest BCUT2D eigenvalue weighted by molar-refractivity contribution is 6.21. The van der Waals surface area contributed by atoms with Gasteiger partial charge in [0.25, 0.3) is 5.91 Å². The van der Waals surface area contributed by atoms with Gasteiger partial charge in [0.2, 0.25) is 0 Å². The molecule has 0 saturated heterocycles. The van der Waals surface area contributed by atoms with E-state index in [2.05, 4.69) is 0 Å². The molecule has 0 aliphatic heterocycles. The van der Waals surface area contributed by atoms with Crippen LogP contribution in [-0.2, 0) is 4.79 Å². The second-order valence-electron chi connectivity index (χ2n) is 3.02. The maximum absolute atomic E-state index is 11.5. The van der Waals surface area contributed by atoms with Gasteiger partial charge in [-0.3, -0.25) is 4.79 Å². The van der Waals surface area contributed by atoms with Gasteiger partial charge in [-0.1, -0.05) is 37.3 Å². The number of nitrogens with zero attached hydrogens (tertiary/aromatic N) is 1. The van der Waals surface area contributed by atoms with Gasteiger partial charge in [0.1, 0.15) is 0 Å². The van der Waals surface area contributed by atoms with E-state index in [1.807, 2.05) is 37.3 Å². The van der Waals surface area contributed by atoms with Crippen LogP contribution in [0.2, 0.25) is 0 Å². The Morgan fingerprint density at radius 2 is 2.07 bits per heavy atom. The number of halogens is 1. The molecule has 1 amide bonds. The highest BCUT2D eigenvalue weighted by Crippen LogP contribution is 2.21. The van der Waals surface area contributed by atoms with E-state index in [1.54, 1.807) is 0 Å². The van der Waals surface area contributed by atoms with E-state index in [0.29, 0.717) is 10.9 Å². The number of benzene rings is 1. The Morgan fingerprint density at radius 3 is 2.50 bits per heavy atom. The highest BCUT2D eigenvalue weighted by atomic mass is 35.5. The van der Waals surface area contributed by atoms with Gasteiger partial charge in [-0.15, -0.1) is 0 Å². The minimum atomic E-state index is -0.277. The SMILES string of the molecule is CCC(C(=O)N(N)Cl)c1ccccc1. The summed E-state index contributed by atoms with van der Waals surface area (Å²) in [5.74, 6) is 4.67. The fourth-order valence-electron chi connectivity index (χ4n) is 1.39. The number of carbonyl (C=O) groups excluding carboxylic acids is 1. The van der Waals surface area contributed by atoms with E-state index in [-0.39, 0.29) is 11.8 Å². The number of nitrogens with two attached hydrogens (primary N) is 1. The first-order valence-corrected chi connectivity index (χ1v) is 4.80. The molecule has 1 unspecified atom stereocenters. The van der Waals surface area contributed by atoms with Gasteiger partial charge in [-0.2, -0.15) is 4.53 Å². The first kappa shape index (κ1) is 11.0. The topological polar surface area (TPSA) is 46.3 Å².